The number of hydrogen-bond donors (Lipinski definition) is 1. The fourth-order valence-electron chi connectivity index (χ4n) is 2.65. The molecule has 0 fully saturated rings. The highest BCUT2D eigenvalue weighted by Crippen LogP contribution is 2.21. The minimum atomic E-state index is -0.255. The van der Waals surface area contributed by atoms with E-state index in [9.17, 15) is 4.79 Å². The van der Waals surface area contributed by atoms with Crippen molar-refractivity contribution in [3.8, 4) is 11.5 Å². The molecular formula is C24H23ClN2O3. The molecule has 3 aromatic carbocycles. The Kier molecular flexibility index (Phi) is 7.86. The Balaban J connectivity index is 1.41. The summed E-state index contributed by atoms with van der Waals surface area (Å²) in [6.07, 6.45) is 2.33. The third kappa shape index (κ3) is 6.64. The number of hydrogen-bond acceptors (Lipinski definition) is 4. The van der Waals surface area contributed by atoms with Gasteiger partial charge in [-0.15, -0.1) is 0 Å². The van der Waals surface area contributed by atoms with E-state index in [1.165, 1.54) is 0 Å². The van der Waals surface area contributed by atoms with Crippen molar-refractivity contribution < 1.29 is 14.3 Å². The summed E-state index contributed by atoms with van der Waals surface area (Å²) in [5.41, 5.74) is 4.89. The van der Waals surface area contributed by atoms with Gasteiger partial charge >= 0.3 is 0 Å². The maximum atomic E-state index is 12.0. The molecule has 1 N–H and O–H groups in total. The molecule has 0 spiro atoms. The van der Waals surface area contributed by atoms with Gasteiger partial charge in [0.25, 0.3) is 5.91 Å². The number of amides is 1. The number of nitrogens with one attached hydrogen (secondary N) is 1. The molecule has 6 heteroatoms. The Morgan fingerprint density at radius 2 is 1.70 bits per heavy atom. The van der Waals surface area contributed by atoms with Crippen LogP contribution in [0.25, 0.3) is 0 Å². The van der Waals surface area contributed by atoms with Crippen LogP contribution >= 0.6 is 11.6 Å². The van der Waals surface area contributed by atoms with E-state index in [2.05, 4.69) is 10.5 Å². The first-order chi connectivity index (χ1) is 14.6. The monoisotopic (exact) mass is 422 g/mol. The topological polar surface area (TPSA) is 59.9 Å². The van der Waals surface area contributed by atoms with Gasteiger partial charge in [0.15, 0.2) is 0 Å². The van der Waals surface area contributed by atoms with Crippen LogP contribution in [-0.4, -0.2) is 25.3 Å². The lowest BCUT2D eigenvalue weighted by atomic mass is 10.2. The van der Waals surface area contributed by atoms with Gasteiger partial charge in [-0.25, -0.2) is 5.43 Å². The molecule has 0 atom stereocenters. The number of nitrogens with zero attached hydrogens (tertiary/aromatic N) is 1. The second-order valence-electron chi connectivity index (χ2n) is 6.60. The number of aryl methyl sites for hydroxylation is 1. The van der Waals surface area contributed by atoms with Crippen LogP contribution in [0.4, 0.5) is 0 Å². The highest BCUT2D eigenvalue weighted by atomic mass is 35.5. The molecule has 0 heterocycles. The molecule has 0 bridgehead atoms. The Morgan fingerprint density at radius 1 is 0.967 bits per heavy atom. The molecule has 1 amide bonds. The largest absolute Gasteiger partial charge is 0.493 e. The first kappa shape index (κ1) is 21.4. The minimum Gasteiger partial charge on any atom is -0.493 e. The van der Waals surface area contributed by atoms with Crippen LogP contribution in [0.1, 0.15) is 27.9 Å². The summed E-state index contributed by atoms with van der Waals surface area (Å²) in [5, 5.41) is 4.74. The number of benzene rings is 3. The van der Waals surface area contributed by atoms with Gasteiger partial charge in [0.05, 0.1) is 19.4 Å². The van der Waals surface area contributed by atoms with Crippen LogP contribution in [0.3, 0.4) is 0 Å². The number of rotatable bonds is 9. The summed E-state index contributed by atoms with van der Waals surface area (Å²) < 4.78 is 11.5. The van der Waals surface area contributed by atoms with Crippen LogP contribution < -0.4 is 14.9 Å². The SMILES string of the molecule is Cc1cc(OCCCOc2cccc(C=NNC(=O)c3ccccc3)c2)ccc1Cl. The van der Waals surface area contributed by atoms with Crippen molar-refractivity contribution in [1.29, 1.82) is 0 Å². The molecular weight excluding hydrogens is 400 g/mol. The van der Waals surface area contributed by atoms with Crippen molar-refractivity contribution in [3.63, 3.8) is 0 Å². The van der Waals surface area contributed by atoms with E-state index in [-0.39, 0.29) is 5.91 Å². The molecule has 0 radical (unpaired) electrons. The molecule has 0 aromatic heterocycles. The first-order valence-electron chi connectivity index (χ1n) is 9.62. The molecule has 154 valence electrons. The molecule has 0 aliphatic carbocycles. The van der Waals surface area contributed by atoms with Crippen molar-refractivity contribution in [1.82, 2.24) is 5.43 Å². The molecule has 0 aliphatic heterocycles. The molecule has 0 saturated heterocycles. The Bertz CT molecular complexity index is 1010. The molecule has 0 unspecified atom stereocenters. The summed E-state index contributed by atoms with van der Waals surface area (Å²) in [4.78, 5) is 12.0. The molecule has 0 saturated carbocycles. The number of hydrazone groups is 1. The second-order valence-corrected chi connectivity index (χ2v) is 7.01. The molecule has 3 rings (SSSR count). The highest BCUT2D eigenvalue weighted by molar-refractivity contribution is 6.31. The predicted molar refractivity (Wildman–Crippen MR) is 120 cm³/mol. The van der Waals surface area contributed by atoms with E-state index in [1.807, 2.05) is 55.5 Å². The van der Waals surface area contributed by atoms with Gasteiger partial charge < -0.3 is 9.47 Å². The third-order valence-corrected chi connectivity index (χ3v) is 4.65. The van der Waals surface area contributed by atoms with Crippen molar-refractivity contribution in [2.75, 3.05) is 13.2 Å². The standard InChI is InChI=1S/C24H23ClN2O3/c1-18-15-22(11-12-23(18)25)30-14-6-13-29-21-10-5-7-19(16-21)17-26-27-24(28)20-8-3-2-4-9-20/h2-5,7-12,15-17H,6,13-14H2,1H3,(H,27,28). The maximum Gasteiger partial charge on any atom is 0.271 e. The van der Waals surface area contributed by atoms with Crippen LogP contribution in [0, 0.1) is 6.92 Å². The van der Waals surface area contributed by atoms with Crippen LogP contribution in [-0.2, 0) is 0 Å². The van der Waals surface area contributed by atoms with Gasteiger partial charge in [-0.3, -0.25) is 4.79 Å². The summed E-state index contributed by atoms with van der Waals surface area (Å²) in [7, 11) is 0. The Hall–Kier alpha value is -3.31. The quantitative estimate of drug-likeness (QED) is 0.290. The summed E-state index contributed by atoms with van der Waals surface area (Å²) >= 11 is 6.01. The number of halogens is 1. The zero-order valence-corrected chi connectivity index (χ0v) is 17.4. The van der Waals surface area contributed by atoms with E-state index in [0.29, 0.717) is 18.8 Å². The number of carbonyl (C=O) groups excluding carboxylic acids is 1. The molecule has 3 aromatic rings. The van der Waals surface area contributed by atoms with Crippen molar-refractivity contribution in [2.45, 2.75) is 13.3 Å². The lowest BCUT2D eigenvalue weighted by Gasteiger charge is -2.09. The summed E-state index contributed by atoms with van der Waals surface area (Å²) in [5.74, 6) is 1.28. The Labute approximate surface area is 181 Å². The summed E-state index contributed by atoms with van der Waals surface area (Å²) in [6.45, 7) is 3.02. The fourth-order valence-corrected chi connectivity index (χ4v) is 2.77. The number of ether oxygens (including phenoxy) is 2. The number of carbonyl (C=O) groups is 1. The normalized spacial score (nSPS) is 10.7. The average Bonchev–Trinajstić information content (AvgIpc) is 2.77. The van der Waals surface area contributed by atoms with Crippen LogP contribution in [0.5, 0.6) is 11.5 Å². The van der Waals surface area contributed by atoms with E-state index in [0.717, 1.165) is 34.1 Å². The third-order valence-electron chi connectivity index (χ3n) is 4.23. The van der Waals surface area contributed by atoms with Crippen LogP contribution in [0.2, 0.25) is 5.02 Å². The Morgan fingerprint density at radius 3 is 2.43 bits per heavy atom. The summed E-state index contributed by atoms with van der Waals surface area (Å²) in [6, 6.07) is 22.0. The van der Waals surface area contributed by atoms with Gasteiger partial charge in [0, 0.05) is 17.0 Å². The van der Waals surface area contributed by atoms with E-state index < -0.39 is 0 Å². The zero-order valence-electron chi connectivity index (χ0n) is 16.7. The van der Waals surface area contributed by atoms with Gasteiger partial charge in [-0.1, -0.05) is 41.9 Å². The fraction of sp³-hybridized carbons (Fsp3) is 0.167. The van der Waals surface area contributed by atoms with E-state index in [4.69, 9.17) is 21.1 Å². The second kappa shape index (κ2) is 11.0. The first-order valence-corrected chi connectivity index (χ1v) is 10.00. The zero-order chi connectivity index (χ0) is 21.2. The minimum absolute atomic E-state index is 0.255. The van der Waals surface area contributed by atoms with E-state index in [1.54, 1.807) is 30.5 Å². The predicted octanol–water partition coefficient (Wildman–Crippen LogP) is 5.26. The molecule has 5 nitrogen and oxygen atoms in total. The van der Waals surface area contributed by atoms with Crippen molar-refractivity contribution in [3.05, 3.63) is 94.5 Å². The van der Waals surface area contributed by atoms with Crippen LogP contribution in [0.15, 0.2) is 77.9 Å². The molecule has 30 heavy (non-hydrogen) atoms. The van der Waals surface area contributed by atoms with Crippen molar-refractivity contribution in [2.24, 2.45) is 5.10 Å². The van der Waals surface area contributed by atoms with Gasteiger partial charge in [0.2, 0.25) is 0 Å². The van der Waals surface area contributed by atoms with E-state index >= 15 is 0 Å². The maximum absolute atomic E-state index is 12.0. The molecule has 0 aliphatic rings. The smallest absolute Gasteiger partial charge is 0.271 e. The lowest BCUT2D eigenvalue weighted by Crippen LogP contribution is -2.17. The van der Waals surface area contributed by atoms with Gasteiger partial charge in [-0.2, -0.15) is 5.10 Å². The average molecular weight is 423 g/mol. The lowest BCUT2D eigenvalue weighted by molar-refractivity contribution is 0.0955. The highest BCUT2D eigenvalue weighted by Gasteiger charge is 2.02. The van der Waals surface area contributed by atoms with Gasteiger partial charge in [-0.05, 0) is 60.5 Å². The van der Waals surface area contributed by atoms with Gasteiger partial charge in [0.1, 0.15) is 11.5 Å². The van der Waals surface area contributed by atoms with Crippen molar-refractivity contribution >= 4 is 23.7 Å².